The van der Waals surface area contributed by atoms with Crippen molar-refractivity contribution in [2.45, 2.75) is 26.7 Å². The molecule has 1 aromatic rings. The van der Waals surface area contributed by atoms with E-state index in [1.165, 1.54) is 42.6 Å². The van der Waals surface area contributed by atoms with Gasteiger partial charge in [-0.3, -0.25) is 4.90 Å². The van der Waals surface area contributed by atoms with Crippen molar-refractivity contribution in [3.8, 4) is 0 Å². The van der Waals surface area contributed by atoms with Gasteiger partial charge in [0.15, 0.2) is 0 Å². The fraction of sp³-hybridized carbons (Fsp3) is 0.467. The molecule has 0 spiro atoms. The van der Waals surface area contributed by atoms with Crippen LogP contribution in [0.4, 0.5) is 0 Å². The molecule has 0 unspecified atom stereocenters. The summed E-state index contributed by atoms with van der Waals surface area (Å²) in [4.78, 5) is 2.55. The fourth-order valence-corrected chi connectivity index (χ4v) is 2.37. The molecule has 0 radical (unpaired) electrons. The summed E-state index contributed by atoms with van der Waals surface area (Å²) >= 11 is 0. The Hall–Kier alpha value is -1.08. The lowest BCUT2D eigenvalue weighted by Gasteiger charge is -2.27. The monoisotopic (exact) mass is 215 g/mol. The van der Waals surface area contributed by atoms with Gasteiger partial charge in [-0.2, -0.15) is 0 Å². The molecule has 0 atom stereocenters. The second kappa shape index (κ2) is 5.31. The van der Waals surface area contributed by atoms with Crippen molar-refractivity contribution in [2.24, 2.45) is 0 Å². The van der Waals surface area contributed by atoms with Crippen LogP contribution in [0.25, 0.3) is 5.57 Å². The van der Waals surface area contributed by atoms with Crippen LogP contribution in [0.15, 0.2) is 30.3 Å². The molecule has 86 valence electrons. The molecular weight excluding hydrogens is 194 g/mol. The van der Waals surface area contributed by atoms with Gasteiger partial charge in [-0.05, 0) is 37.4 Å². The second-order valence-corrected chi connectivity index (χ2v) is 4.66. The highest BCUT2D eigenvalue weighted by molar-refractivity contribution is 5.68. The molecule has 2 rings (SSSR count). The first kappa shape index (κ1) is 11.4. The summed E-state index contributed by atoms with van der Waals surface area (Å²) in [6, 6.07) is 8.84. The van der Waals surface area contributed by atoms with E-state index in [9.17, 15) is 0 Å². The van der Waals surface area contributed by atoms with Crippen LogP contribution in [0, 0.1) is 6.92 Å². The minimum atomic E-state index is 1.12. The number of aryl methyl sites for hydroxylation is 1. The van der Waals surface area contributed by atoms with E-state index >= 15 is 0 Å². The van der Waals surface area contributed by atoms with Gasteiger partial charge >= 0.3 is 0 Å². The number of rotatable bonds is 3. The van der Waals surface area contributed by atoms with Crippen LogP contribution in [0.5, 0.6) is 0 Å². The van der Waals surface area contributed by atoms with Crippen molar-refractivity contribution in [2.75, 3.05) is 19.6 Å². The Labute approximate surface area is 98.8 Å². The van der Waals surface area contributed by atoms with Gasteiger partial charge < -0.3 is 0 Å². The van der Waals surface area contributed by atoms with Gasteiger partial charge in [0.25, 0.3) is 0 Å². The van der Waals surface area contributed by atoms with Gasteiger partial charge in [0.1, 0.15) is 0 Å². The van der Waals surface area contributed by atoms with E-state index in [0.717, 1.165) is 6.54 Å². The maximum absolute atomic E-state index is 2.55. The molecule has 0 saturated heterocycles. The first-order valence-corrected chi connectivity index (χ1v) is 6.28. The van der Waals surface area contributed by atoms with Gasteiger partial charge in [-0.25, -0.2) is 0 Å². The molecule has 0 N–H and O–H groups in total. The molecular formula is C15H21N. The van der Waals surface area contributed by atoms with Crippen LogP contribution in [-0.2, 0) is 0 Å². The van der Waals surface area contributed by atoms with E-state index in [-0.39, 0.29) is 0 Å². The zero-order valence-corrected chi connectivity index (χ0v) is 10.4. The van der Waals surface area contributed by atoms with Crippen molar-refractivity contribution >= 4 is 5.57 Å². The van der Waals surface area contributed by atoms with Crippen LogP contribution >= 0.6 is 0 Å². The summed E-state index contributed by atoms with van der Waals surface area (Å²) in [6.07, 6.45) is 4.85. The molecule has 1 heterocycles. The SMILES string of the molecule is CCCN1CCC=C(c2cccc(C)c2)C1. The fourth-order valence-electron chi connectivity index (χ4n) is 2.37. The Morgan fingerprint density at radius 3 is 2.94 bits per heavy atom. The van der Waals surface area contributed by atoms with Crippen LogP contribution in [0.1, 0.15) is 30.9 Å². The molecule has 1 aliphatic rings. The molecule has 0 saturated carbocycles. The minimum absolute atomic E-state index is 1.12. The first-order valence-electron chi connectivity index (χ1n) is 6.28. The Bertz CT molecular complexity index is 379. The third-order valence-electron chi connectivity index (χ3n) is 3.16. The number of benzene rings is 1. The summed E-state index contributed by atoms with van der Waals surface area (Å²) in [5.41, 5.74) is 4.26. The standard InChI is InChI=1S/C15H21N/c1-3-9-16-10-5-8-15(12-16)14-7-4-6-13(2)11-14/h4,6-8,11H,3,5,9-10,12H2,1-2H3. The average molecular weight is 215 g/mol. The Kier molecular flexibility index (Phi) is 3.79. The smallest absolute Gasteiger partial charge is 0.0236 e. The zero-order valence-electron chi connectivity index (χ0n) is 10.4. The average Bonchev–Trinajstić information content (AvgIpc) is 2.30. The summed E-state index contributed by atoms with van der Waals surface area (Å²) in [5, 5.41) is 0. The molecule has 0 bridgehead atoms. The highest BCUT2D eigenvalue weighted by atomic mass is 15.1. The lowest BCUT2D eigenvalue weighted by molar-refractivity contribution is 0.305. The Morgan fingerprint density at radius 1 is 1.31 bits per heavy atom. The van der Waals surface area contributed by atoms with Gasteiger partial charge in [0.2, 0.25) is 0 Å². The largest absolute Gasteiger partial charge is 0.299 e. The zero-order chi connectivity index (χ0) is 11.4. The quantitative estimate of drug-likeness (QED) is 0.746. The summed E-state index contributed by atoms with van der Waals surface area (Å²) in [7, 11) is 0. The Balaban J connectivity index is 2.12. The lowest BCUT2D eigenvalue weighted by Crippen LogP contribution is -2.30. The predicted molar refractivity (Wildman–Crippen MR) is 70.5 cm³/mol. The third-order valence-corrected chi connectivity index (χ3v) is 3.16. The maximum Gasteiger partial charge on any atom is 0.0236 e. The maximum atomic E-state index is 2.55. The number of hydrogen-bond donors (Lipinski definition) is 0. The summed E-state index contributed by atoms with van der Waals surface area (Å²) < 4.78 is 0. The molecule has 1 aliphatic heterocycles. The third kappa shape index (κ3) is 2.73. The highest BCUT2D eigenvalue weighted by Gasteiger charge is 2.12. The molecule has 16 heavy (non-hydrogen) atoms. The van der Waals surface area contributed by atoms with Crippen LogP contribution < -0.4 is 0 Å². The molecule has 0 amide bonds. The summed E-state index contributed by atoms with van der Waals surface area (Å²) in [6.45, 7) is 7.99. The second-order valence-electron chi connectivity index (χ2n) is 4.66. The van der Waals surface area contributed by atoms with Crippen molar-refractivity contribution < 1.29 is 0 Å². The van der Waals surface area contributed by atoms with Crippen LogP contribution in [0.2, 0.25) is 0 Å². The molecule has 0 fully saturated rings. The van der Waals surface area contributed by atoms with Crippen molar-refractivity contribution in [3.05, 3.63) is 41.5 Å². The van der Waals surface area contributed by atoms with Gasteiger partial charge in [-0.15, -0.1) is 0 Å². The minimum Gasteiger partial charge on any atom is -0.299 e. The van der Waals surface area contributed by atoms with Crippen molar-refractivity contribution in [1.82, 2.24) is 4.90 Å². The normalized spacial score (nSPS) is 17.2. The van der Waals surface area contributed by atoms with Gasteiger partial charge in [0, 0.05) is 13.1 Å². The van der Waals surface area contributed by atoms with E-state index in [0.29, 0.717) is 0 Å². The van der Waals surface area contributed by atoms with Gasteiger partial charge in [0.05, 0.1) is 0 Å². The van der Waals surface area contributed by atoms with E-state index in [4.69, 9.17) is 0 Å². The topological polar surface area (TPSA) is 3.24 Å². The molecule has 1 heteroatoms. The van der Waals surface area contributed by atoms with Crippen molar-refractivity contribution in [1.29, 1.82) is 0 Å². The number of nitrogens with zero attached hydrogens (tertiary/aromatic N) is 1. The van der Waals surface area contributed by atoms with E-state index in [1.807, 2.05) is 0 Å². The molecule has 0 aliphatic carbocycles. The van der Waals surface area contributed by atoms with Crippen LogP contribution in [-0.4, -0.2) is 24.5 Å². The first-order chi connectivity index (χ1) is 7.79. The Morgan fingerprint density at radius 2 is 2.19 bits per heavy atom. The number of hydrogen-bond acceptors (Lipinski definition) is 1. The molecule has 0 aromatic heterocycles. The predicted octanol–water partition coefficient (Wildman–Crippen LogP) is 3.49. The van der Waals surface area contributed by atoms with Crippen LogP contribution in [0.3, 0.4) is 0 Å². The highest BCUT2D eigenvalue weighted by Crippen LogP contribution is 2.21. The molecule has 1 nitrogen and oxygen atoms in total. The van der Waals surface area contributed by atoms with E-state index in [1.54, 1.807) is 0 Å². The van der Waals surface area contributed by atoms with E-state index in [2.05, 4.69) is 49.1 Å². The van der Waals surface area contributed by atoms with Gasteiger partial charge in [-0.1, -0.05) is 42.8 Å². The van der Waals surface area contributed by atoms with Crippen molar-refractivity contribution in [3.63, 3.8) is 0 Å². The summed E-state index contributed by atoms with van der Waals surface area (Å²) in [5.74, 6) is 0. The van der Waals surface area contributed by atoms with E-state index < -0.39 is 0 Å². The molecule has 1 aromatic carbocycles. The lowest BCUT2D eigenvalue weighted by atomic mass is 9.99.